The maximum absolute atomic E-state index is 12.8. The summed E-state index contributed by atoms with van der Waals surface area (Å²) in [6, 6.07) is 2.14. The molecule has 1 aromatic carbocycles. The van der Waals surface area contributed by atoms with Crippen molar-refractivity contribution in [2.24, 2.45) is 0 Å². The smallest absolute Gasteiger partial charge is 0.166 e. The second kappa shape index (κ2) is 4.11. The number of hydrogen-bond acceptors (Lipinski definition) is 0. The average molecular weight is 271 g/mol. The van der Waals surface area contributed by atoms with Crippen LogP contribution in [0.15, 0.2) is 12.1 Å². The molecule has 0 fully saturated rings. The van der Waals surface area contributed by atoms with Crippen molar-refractivity contribution in [1.82, 2.24) is 0 Å². The molecule has 0 radical (unpaired) electrons. The molecule has 0 saturated heterocycles. The molecule has 0 saturated carbocycles. The maximum Gasteiger partial charge on any atom is 0.416 e. The van der Waals surface area contributed by atoms with E-state index in [0.717, 1.165) is 6.07 Å². The summed E-state index contributed by atoms with van der Waals surface area (Å²) in [5.74, 6) is 0. The van der Waals surface area contributed by atoms with E-state index in [0.29, 0.717) is 0 Å². The molecule has 5 heteroatoms. The molecule has 0 N–H and O–H groups in total. The van der Waals surface area contributed by atoms with E-state index < -0.39 is 17.2 Å². The predicted octanol–water partition coefficient (Wildman–Crippen LogP) is 5.31. The normalized spacial score (nSPS) is 13.0. The molecule has 0 unspecified atom stereocenters. The molecule has 0 aliphatic heterocycles. The van der Waals surface area contributed by atoms with Crippen LogP contribution in [0.2, 0.25) is 10.0 Å². The number of benzene rings is 1. The topological polar surface area (TPSA) is 0 Å². The third-order valence-electron chi connectivity index (χ3n) is 2.15. The largest absolute Gasteiger partial charge is 0.416 e. The Labute approximate surface area is 102 Å². The predicted molar refractivity (Wildman–Crippen MR) is 60.2 cm³/mol. The summed E-state index contributed by atoms with van der Waals surface area (Å²) in [5.41, 5.74) is -1.41. The molecule has 90 valence electrons. The molecule has 0 bridgehead atoms. The lowest BCUT2D eigenvalue weighted by atomic mass is 9.83. The van der Waals surface area contributed by atoms with Crippen molar-refractivity contribution in [3.05, 3.63) is 33.3 Å². The standard InChI is InChI=1S/C11H11Cl2F3/c1-10(2,3)8-6(11(14,15)16)4-5-7(12)9(8)13/h4-5H,1-3H3. The lowest BCUT2D eigenvalue weighted by Crippen LogP contribution is -2.20. The lowest BCUT2D eigenvalue weighted by molar-refractivity contribution is -0.138. The summed E-state index contributed by atoms with van der Waals surface area (Å²) < 4.78 is 38.4. The molecule has 0 heterocycles. The first-order valence-electron chi connectivity index (χ1n) is 4.61. The second-order valence-corrected chi connectivity index (χ2v) is 5.32. The van der Waals surface area contributed by atoms with E-state index >= 15 is 0 Å². The zero-order valence-corrected chi connectivity index (χ0v) is 10.6. The highest BCUT2D eigenvalue weighted by atomic mass is 35.5. The molecule has 0 aliphatic carbocycles. The van der Waals surface area contributed by atoms with E-state index in [9.17, 15) is 13.2 Å². The molecule has 0 spiro atoms. The minimum Gasteiger partial charge on any atom is -0.166 e. The SMILES string of the molecule is CC(C)(C)c1c(C(F)(F)F)ccc(Cl)c1Cl. The zero-order valence-electron chi connectivity index (χ0n) is 9.04. The Morgan fingerprint density at radius 1 is 1.00 bits per heavy atom. The second-order valence-electron chi connectivity index (χ2n) is 4.53. The van der Waals surface area contributed by atoms with Crippen molar-refractivity contribution in [3.63, 3.8) is 0 Å². The van der Waals surface area contributed by atoms with Crippen LogP contribution in [-0.4, -0.2) is 0 Å². The Balaban J connectivity index is 3.59. The highest BCUT2D eigenvalue weighted by Crippen LogP contribution is 2.43. The Morgan fingerprint density at radius 3 is 1.88 bits per heavy atom. The molecular formula is C11H11Cl2F3. The molecule has 16 heavy (non-hydrogen) atoms. The van der Waals surface area contributed by atoms with Crippen molar-refractivity contribution in [1.29, 1.82) is 0 Å². The molecule has 0 amide bonds. The Morgan fingerprint density at radius 2 is 1.50 bits per heavy atom. The van der Waals surface area contributed by atoms with Gasteiger partial charge in [-0.1, -0.05) is 44.0 Å². The first-order valence-corrected chi connectivity index (χ1v) is 5.36. The third-order valence-corrected chi connectivity index (χ3v) is 2.95. The van der Waals surface area contributed by atoms with Crippen LogP contribution in [0, 0.1) is 0 Å². The maximum atomic E-state index is 12.8. The van der Waals surface area contributed by atoms with Gasteiger partial charge in [0, 0.05) is 0 Å². The van der Waals surface area contributed by atoms with Gasteiger partial charge in [0.05, 0.1) is 15.6 Å². The van der Waals surface area contributed by atoms with Gasteiger partial charge in [-0.3, -0.25) is 0 Å². The summed E-state index contributed by atoms with van der Waals surface area (Å²) in [6.07, 6.45) is -4.42. The summed E-state index contributed by atoms with van der Waals surface area (Å²) in [6.45, 7) is 5.00. The van der Waals surface area contributed by atoms with Crippen molar-refractivity contribution in [2.45, 2.75) is 32.4 Å². The van der Waals surface area contributed by atoms with Crippen LogP contribution in [0.5, 0.6) is 0 Å². The first-order chi connectivity index (χ1) is 7.05. The van der Waals surface area contributed by atoms with Gasteiger partial charge in [-0.2, -0.15) is 13.2 Å². The lowest BCUT2D eigenvalue weighted by Gasteiger charge is -2.25. The van der Waals surface area contributed by atoms with Crippen LogP contribution < -0.4 is 0 Å². The van der Waals surface area contributed by atoms with E-state index in [1.54, 1.807) is 20.8 Å². The zero-order chi connectivity index (χ0) is 12.7. The van der Waals surface area contributed by atoms with Crippen LogP contribution >= 0.6 is 23.2 Å². The van der Waals surface area contributed by atoms with Gasteiger partial charge in [0.2, 0.25) is 0 Å². The van der Waals surface area contributed by atoms with Crippen molar-refractivity contribution in [3.8, 4) is 0 Å². The van der Waals surface area contributed by atoms with Gasteiger partial charge in [-0.05, 0) is 23.1 Å². The Kier molecular flexibility index (Phi) is 3.51. The van der Waals surface area contributed by atoms with Crippen LogP contribution in [0.25, 0.3) is 0 Å². The average Bonchev–Trinajstić information content (AvgIpc) is 2.05. The number of halogens is 5. The highest BCUT2D eigenvalue weighted by Gasteiger charge is 2.38. The van der Waals surface area contributed by atoms with E-state index in [4.69, 9.17) is 23.2 Å². The van der Waals surface area contributed by atoms with Crippen molar-refractivity contribution < 1.29 is 13.2 Å². The van der Waals surface area contributed by atoms with Gasteiger partial charge in [0.15, 0.2) is 0 Å². The van der Waals surface area contributed by atoms with Crippen LogP contribution in [-0.2, 0) is 11.6 Å². The van der Waals surface area contributed by atoms with Gasteiger partial charge < -0.3 is 0 Å². The summed E-state index contributed by atoms with van der Waals surface area (Å²) in [7, 11) is 0. The summed E-state index contributed by atoms with van der Waals surface area (Å²) >= 11 is 11.6. The van der Waals surface area contributed by atoms with Gasteiger partial charge in [0.1, 0.15) is 0 Å². The fraction of sp³-hybridized carbons (Fsp3) is 0.455. The minimum absolute atomic E-state index is 0.0241. The van der Waals surface area contributed by atoms with Gasteiger partial charge in [-0.25, -0.2) is 0 Å². The van der Waals surface area contributed by atoms with Gasteiger partial charge in [0.25, 0.3) is 0 Å². The fourth-order valence-electron chi connectivity index (χ4n) is 1.52. The Bertz CT molecular complexity index is 403. The molecule has 0 atom stereocenters. The quantitative estimate of drug-likeness (QED) is 0.599. The summed E-state index contributed by atoms with van der Waals surface area (Å²) in [5, 5.41) is 0.114. The van der Waals surface area contributed by atoms with Gasteiger partial charge in [-0.15, -0.1) is 0 Å². The molecule has 0 aliphatic rings. The number of alkyl halides is 3. The monoisotopic (exact) mass is 270 g/mol. The van der Waals surface area contributed by atoms with E-state index in [-0.39, 0.29) is 15.6 Å². The summed E-state index contributed by atoms with van der Waals surface area (Å²) in [4.78, 5) is 0. The number of rotatable bonds is 0. The van der Waals surface area contributed by atoms with E-state index in [2.05, 4.69) is 0 Å². The minimum atomic E-state index is -4.42. The van der Waals surface area contributed by atoms with Crippen LogP contribution in [0.4, 0.5) is 13.2 Å². The molecule has 0 aromatic heterocycles. The number of hydrogen-bond donors (Lipinski definition) is 0. The first kappa shape index (κ1) is 13.7. The third kappa shape index (κ3) is 2.64. The van der Waals surface area contributed by atoms with Gasteiger partial charge >= 0.3 is 6.18 Å². The molecule has 1 aromatic rings. The molecule has 0 nitrogen and oxygen atoms in total. The molecular weight excluding hydrogens is 260 g/mol. The van der Waals surface area contributed by atoms with Crippen LogP contribution in [0.3, 0.4) is 0 Å². The van der Waals surface area contributed by atoms with Crippen molar-refractivity contribution in [2.75, 3.05) is 0 Å². The molecule has 1 rings (SSSR count). The van der Waals surface area contributed by atoms with E-state index in [1.165, 1.54) is 6.07 Å². The van der Waals surface area contributed by atoms with Crippen LogP contribution in [0.1, 0.15) is 31.9 Å². The highest BCUT2D eigenvalue weighted by molar-refractivity contribution is 6.42. The van der Waals surface area contributed by atoms with Crippen molar-refractivity contribution >= 4 is 23.2 Å². The fourth-order valence-corrected chi connectivity index (χ4v) is 2.13. The Hall–Kier alpha value is -0.410. The van der Waals surface area contributed by atoms with E-state index in [1.807, 2.05) is 0 Å².